The van der Waals surface area contributed by atoms with Crippen LogP contribution in [0.1, 0.15) is 5.56 Å². The molecule has 0 saturated carbocycles. The van der Waals surface area contributed by atoms with Crippen LogP contribution in [0.15, 0.2) is 60.8 Å². The van der Waals surface area contributed by atoms with E-state index in [9.17, 15) is 5.11 Å². The predicted octanol–water partition coefficient (Wildman–Crippen LogP) is 3.30. The Morgan fingerprint density at radius 3 is 2.50 bits per heavy atom. The Hall–Kier alpha value is -2.55. The highest BCUT2D eigenvalue weighted by Crippen LogP contribution is 2.16. The first-order chi connectivity index (χ1) is 9.81. The van der Waals surface area contributed by atoms with Crippen LogP contribution in [0.25, 0.3) is 11.3 Å². The molecule has 0 aliphatic rings. The number of hydrogen-bond acceptors (Lipinski definition) is 2. The largest absolute Gasteiger partial charge is 0.508 e. The fourth-order valence-corrected chi connectivity index (χ4v) is 2.08. The molecule has 0 fully saturated rings. The van der Waals surface area contributed by atoms with Gasteiger partial charge in [-0.1, -0.05) is 42.5 Å². The average Bonchev–Trinajstić information content (AvgIpc) is 2.97. The van der Waals surface area contributed by atoms with Crippen molar-refractivity contribution in [1.29, 1.82) is 0 Å². The first-order valence-electron chi connectivity index (χ1n) is 6.60. The second kappa shape index (κ2) is 5.61. The standard InChI is InChI=1S/C17H15N2O/c20-16-8-6-14(7-9-16)10-12-19-13-11-17(18-19)15-4-2-1-3-5-15/h1-9,13,20H,10,12H2. The lowest BCUT2D eigenvalue weighted by Gasteiger charge is -2.02. The van der Waals surface area contributed by atoms with Gasteiger partial charge in [0.05, 0.1) is 0 Å². The number of aromatic hydroxyl groups is 1. The van der Waals surface area contributed by atoms with Crippen molar-refractivity contribution in [3.8, 4) is 17.0 Å². The fourth-order valence-electron chi connectivity index (χ4n) is 2.08. The van der Waals surface area contributed by atoms with Crippen molar-refractivity contribution in [2.75, 3.05) is 0 Å². The highest BCUT2D eigenvalue weighted by molar-refractivity contribution is 5.57. The van der Waals surface area contributed by atoms with Crippen molar-refractivity contribution in [2.24, 2.45) is 0 Å². The summed E-state index contributed by atoms with van der Waals surface area (Å²) in [6.45, 7) is 0.800. The minimum atomic E-state index is 0.299. The third kappa shape index (κ3) is 2.88. The van der Waals surface area contributed by atoms with E-state index in [1.807, 2.05) is 53.3 Å². The van der Waals surface area contributed by atoms with E-state index in [4.69, 9.17) is 0 Å². The molecule has 1 heterocycles. The molecule has 0 saturated heterocycles. The summed E-state index contributed by atoms with van der Waals surface area (Å²) in [7, 11) is 0. The van der Waals surface area contributed by atoms with Crippen LogP contribution in [0.4, 0.5) is 0 Å². The van der Waals surface area contributed by atoms with Gasteiger partial charge in [0.2, 0.25) is 0 Å². The van der Waals surface area contributed by atoms with Crippen LogP contribution in [-0.2, 0) is 13.0 Å². The van der Waals surface area contributed by atoms with Crippen LogP contribution < -0.4 is 0 Å². The molecule has 3 aromatic rings. The third-order valence-electron chi connectivity index (χ3n) is 3.19. The molecular formula is C17H15N2O. The zero-order valence-electron chi connectivity index (χ0n) is 11.0. The SMILES string of the molecule is Oc1ccc(CCn2c[c]c(-c3ccccc3)n2)cc1. The minimum Gasteiger partial charge on any atom is -0.508 e. The second-order valence-electron chi connectivity index (χ2n) is 4.67. The van der Waals surface area contributed by atoms with Gasteiger partial charge in [-0.2, -0.15) is 5.10 Å². The van der Waals surface area contributed by atoms with Crippen molar-refractivity contribution in [2.45, 2.75) is 13.0 Å². The molecule has 3 heteroatoms. The summed E-state index contributed by atoms with van der Waals surface area (Å²) >= 11 is 0. The molecule has 3 rings (SSSR count). The lowest BCUT2D eigenvalue weighted by Crippen LogP contribution is -2.01. The summed E-state index contributed by atoms with van der Waals surface area (Å²) in [4.78, 5) is 0. The van der Waals surface area contributed by atoms with Crippen molar-refractivity contribution < 1.29 is 5.11 Å². The van der Waals surface area contributed by atoms with Crippen LogP contribution in [-0.4, -0.2) is 14.9 Å². The third-order valence-corrected chi connectivity index (χ3v) is 3.19. The molecule has 1 radical (unpaired) electrons. The molecule has 3 nitrogen and oxygen atoms in total. The molecule has 0 aliphatic carbocycles. The Balaban J connectivity index is 1.67. The molecule has 0 aliphatic heterocycles. The molecule has 1 aromatic heterocycles. The number of aryl methyl sites for hydroxylation is 2. The number of benzene rings is 2. The normalized spacial score (nSPS) is 10.6. The van der Waals surface area contributed by atoms with Crippen molar-refractivity contribution in [3.05, 3.63) is 72.4 Å². The molecule has 0 unspecified atom stereocenters. The maximum Gasteiger partial charge on any atom is 0.115 e. The van der Waals surface area contributed by atoms with Gasteiger partial charge in [-0.25, -0.2) is 0 Å². The number of nitrogens with zero attached hydrogens (tertiary/aromatic N) is 2. The lowest BCUT2D eigenvalue weighted by molar-refractivity contribution is 0.475. The summed E-state index contributed by atoms with van der Waals surface area (Å²) in [5.74, 6) is 0.299. The van der Waals surface area contributed by atoms with Crippen LogP contribution in [0.5, 0.6) is 5.75 Å². The average molecular weight is 263 g/mol. The van der Waals surface area contributed by atoms with Gasteiger partial charge in [-0.05, 0) is 24.1 Å². The molecule has 2 aromatic carbocycles. The van der Waals surface area contributed by atoms with E-state index >= 15 is 0 Å². The van der Waals surface area contributed by atoms with Gasteiger partial charge in [0.1, 0.15) is 11.4 Å². The molecule has 0 atom stereocenters. The Bertz CT molecular complexity index is 672. The van der Waals surface area contributed by atoms with Crippen LogP contribution in [0.2, 0.25) is 0 Å². The highest BCUT2D eigenvalue weighted by Gasteiger charge is 2.02. The van der Waals surface area contributed by atoms with Gasteiger partial charge in [-0.3, -0.25) is 4.68 Å². The Morgan fingerprint density at radius 2 is 1.75 bits per heavy atom. The molecule has 0 amide bonds. The topological polar surface area (TPSA) is 38.0 Å². The summed E-state index contributed by atoms with van der Waals surface area (Å²) in [5, 5.41) is 13.8. The summed E-state index contributed by atoms with van der Waals surface area (Å²) in [5.41, 5.74) is 3.13. The fraction of sp³-hybridized carbons (Fsp3) is 0.118. The number of phenols is 1. The van der Waals surface area contributed by atoms with Crippen molar-refractivity contribution in [3.63, 3.8) is 0 Å². The smallest absolute Gasteiger partial charge is 0.115 e. The van der Waals surface area contributed by atoms with Crippen LogP contribution in [0, 0.1) is 6.07 Å². The minimum absolute atomic E-state index is 0.299. The molecule has 0 bridgehead atoms. The number of rotatable bonds is 4. The zero-order chi connectivity index (χ0) is 13.8. The van der Waals surface area contributed by atoms with Gasteiger partial charge in [0, 0.05) is 24.4 Å². The predicted molar refractivity (Wildman–Crippen MR) is 78.3 cm³/mol. The quantitative estimate of drug-likeness (QED) is 0.784. The summed E-state index contributed by atoms with van der Waals surface area (Å²) < 4.78 is 1.90. The number of aromatic nitrogens is 2. The maximum atomic E-state index is 9.25. The molecule has 0 spiro atoms. The Morgan fingerprint density at radius 1 is 1.00 bits per heavy atom. The van der Waals surface area contributed by atoms with Crippen molar-refractivity contribution in [1.82, 2.24) is 9.78 Å². The van der Waals surface area contributed by atoms with Gasteiger partial charge in [0.25, 0.3) is 0 Å². The van der Waals surface area contributed by atoms with Gasteiger partial charge >= 0.3 is 0 Å². The first-order valence-corrected chi connectivity index (χ1v) is 6.60. The Labute approximate surface area is 118 Å². The Kier molecular flexibility index (Phi) is 3.50. The van der Waals surface area contributed by atoms with E-state index in [0.717, 1.165) is 24.2 Å². The molecule has 1 N–H and O–H groups in total. The van der Waals surface area contributed by atoms with E-state index in [2.05, 4.69) is 11.2 Å². The van der Waals surface area contributed by atoms with E-state index in [-0.39, 0.29) is 0 Å². The van der Waals surface area contributed by atoms with Gasteiger partial charge < -0.3 is 5.11 Å². The molecule has 99 valence electrons. The van der Waals surface area contributed by atoms with Crippen molar-refractivity contribution >= 4 is 0 Å². The van der Waals surface area contributed by atoms with E-state index in [1.165, 1.54) is 5.56 Å². The maximum absolute atomic E-state index is 9.25. The molecule has 20 heavy (non-hydrogen) atoms. The summed E-state index contributed by atoms with van der Waals surface area (Å²) in [6.07, 6.45) is 2.76. The van der Waals surface area contributed by atoms with E-state index in [1.54, 1.807) is 12.1 Å². The second-order valence-corrected chi connectivity index (χ2v) is 4.67. The first kappa shape index (κ1) is 12.5. The van der Waals surface area contributed by atoms with E-state index in [0.29, 0.717) is 5.75 Å². The molecular weight excluding hydrogens is 248 g/mol. The number of hydrogen-bond donors (Lipinski definition) is 1. The zero-order valence-corrected chi connectivity index (χ0v) is 11.0. The monoisotopic (exact) mass is 263 g/mol. The lowest BCUT2D eigenvalue weighted by atomic mass is 10.1. The highest BCUT2D eigenvalue weighted by atomic mass is 16.3. The van der Waals surface area contributed by atoms with Gasteiger partial charge in [0.15, 0.2) is 0 Å². The van der Waals surface area contributed by atoms with E-state index < -0.39 is 0 Å². The van der Waals surface area contributed by atoms with Crippen LogP contribution in [0.3, 0.4) is 0 Å². The van der Waals surface area contributed by atoms with Crippen LogP contribution >= 0.6 is 0 Å². The van der Waals surface area contributed by atoms with Gasteiger partial charge in [-0.15, -0.1) is 0 Å². The number of phenolic OH excluding ortho intramolecular Hbond substituents is 1. The summed E-state index contributed by atoms with van der Waals surface area (Å²) in [6, 6.07) is 20.5.